The van der Waals surface area contributed by atoms with Crippen molar-refractivity contribution in [2.75, 3.05) is 0 Å². The van der Waals surface area contributed by atoms with Gasteiger partial charge in [0.2, 0.25) is 0 Å². The Bertz CT molecular complexity index is 759. The molecular weight excluding hydrogens is 260 g/mol. The summed E-state index contributed by atoms with van der Waals surface area (Å²) >= 11 is 1.42. The molecule has 0 aliphatic heterocycles. The summed E-state index contributed by atoms with van der Waals surface area (Å²) < 4.78 is 2.29. The van der Waals surface area contributed by atoms with Gasteiger partial charge in [0.1, 0.15) is 4.70 Å². The third-order valence-electron chi connectivity index (χ3n) is 2.99. The molecule has 0 unspecified atom stereocenters. The van der Waals surface area contributed by atoms with Crippen LogP contribution in [0.1, 0.15) is 11.1 Å². The summed E-state index contributed by atoms with van der Waals surface area (Å²) in [5.74, 6) is 0. The first-order chi connectivity index (χ1) is 9.28. The average Bonchev–Trinajstić information content (AvgIpc) is 2.92. The zero-order valence-electron chi connectivity index (χ0n) is 10.1. The van der Waals surface area contributed by atoms with Crippen LogP contribution in [0.25, 0.3) is 10.2 Å². The fourth-order valence-electron chi connectivity index (χ4n) is 1.94. The van der Waals surface area contributed by atoms with E-state index in [9.17, 15) is 4.79 Å². The van der Waals surface area contributed by atoms with Crippen LogP contribution in [-0.2, 0) is 13.2 Å². The van der Waals surface area contributed by atoms with Crippen LogP contribution in [0.5, 0.6) is 0 Å². The van der Waals surface area contributed by atoms with Crippen LogP contribution < -0.4 is 5.56 Å². The second-order valence-corrected chi connectivity index (χ2v) is 5.20. The van der Waals surface area contributed by atoms with E-state index in [0.29, 0.717) is 11.2 Å². The van der Waals surface area contributed by atoms with Crippen LogP contribution in [0, 0.1) is 0 Å². The van der Waals surface area contributed by atoms with E-state index in [1.165, 1.54) is 11.3 Å². The van der Waals surface area contributed by atoms with Crippen molar-refractivity contribution in [2.24, 2.45) is 0 Å². The van der Waals surface area contributed by atoms with Crippen LogP contribution in [-0.4, -0.2) is 14.7 Å². The average molecular weight is 272 g/mol. The normalized spacial score (nSPS) is 11.0. The first-order valence-electron chi connectivity index (χ1n) is 5.89. The Balaban J connectivity index is 1.95. The molecule has 0 aliphatic carbocycles. The molecule has 0 fully saturated rings. The van der Waals surface area contributed by atoms with Crippen molar-refractivity contribution in [3.8, 4) is 0 Å². The molecule has 0 atom stereocenters. The van der Waals surface area contributed by atoms with Gasteiger partial charge in [-0.05, 0) is 22.6 Å². The number of rotatable bonds is 3. The Morgan fingerprint density at radius 1 is 1.16 bits per heavy atom. The quantitative estimate of drug-likeness (QED) is 0.793. The van der Waals surface area contributed by atoms with Gasteiger partial charge in [-0.2, -0.15) is 0 Å². The van der Waals surface area contributed by atoms with Crippen molar-refractivity contribution in [1.29, 1.82) is 0 Å². The molecule has 0 saturated heterocycles. The molecule has 96 valence electrons. The molecular formula is C14H12N2O2S. The molecule has 3 aromatic rings. The van der Waals surface area contributed by atoms with Gasteiger partial charge in [0.05, 0.1) is 25.0 Å². The summed E-state index contributed by atoms with van der Waals surface area (Å²) in [5, 5.41) is 10.9. The van der Waals surface area contributed by atoms with Gasteiger partial charge in [-0.15, -0.1) is 11.3 Å². The van der Waals surface area contributed by atoms with Gasteiger partial charge < -0.3 is 5.11 Å². The van der Waals surface area contributed by atoms with E-state index in [2.05, 4.69) is 4.98 Å². The van der Waals surface area contributed by atoms with Gasteiger partial charge in [-0.1, -0.05) is 24.3 Å². The minimum atomic E-state index is -0.00812. The van der Waals surface area contributed by atoms with Crippen LogP contribution in [0.2, 0.25) is 0 Å². The third-order valence-corrected chi connectivity index (χ3v) is 3.89. The molecule has 19 heavy (non-hydrogen) atoms. The molecule has 4 nitrogen and oxygen atoms in total. The monoisotopic (exact) mass is 272 g/mol. The van der Waals surface area contributed by atoms with Gasteiger partial charge in [0.15, 0.2) is 0 Å². The highest BCUT2D eigenvalue weighted by molar-refractivity contribution is 7.17. The van der Waals surface area contributed by atoms with Crippen LogP contribution in [0.15, 0.2) is 46.8 Å². The lowest BCUT2D eigenvalue weighted by molar-refractivity contribution is 0.282. The molecule has 2 aromatic heterocycles. The standard InChI is InChI=1S/C14H12N2O2S/c17-8-11-3-1-10(2-4-11)7-16-9-15-12-5-6-19-13(12)14(16)18/h1-6,9,17H,7-8H2. The first kappa shape index (κ1) is 12.1. The van der Waals surface area contributed by atoms with Crippen LogP contribution in [0.3, 0.4) is 0 Å². The molecule has 3 rings (SSSR count). The minimum absolute atomic E-state index is 0.00812. The second-order valence-electron chi connectivity index (χ2n) is 4.29. The molecule has 1 N–H and O–H groups in total. The maximum atomic E-state index is 12.2. The molecule has 1 aromatic carbocycles. The van der Waals surface area contributed by atoms with E-state index in [-0.39, 0.29) is 12.2 Å². The Hall–Kier alpha value is -1.98. The molecule has 2 heterocycles. The predicted molar refractivity (Wildman–Crippen MR) is 75.3 cm³/mol. The number of benzene rings is 1. The highest BCUT2D eigenvalue weighted by atomic mass is 32.1. The maximum Gasteiger partial charge on any atom is 0.271 e. The van der Waals surface area contributed by atoms with Crippen molar-refractivity contribution in [3.63, 3.8) is 0 Å². The predicted octanol–water partition coefficient (Wildman–Crippen LogP) is 2.00. The Morgan fingerprint density at radius 3 is 2.63 bits per heavy atom. The van der Waals surface area contributed by atoms with Crippen molar-refractivity contribution >= 4 is 21.6 Å². The van der Waals surface area contributed by atoms with E-state index in [1.54, 1.807) is 10.9 Å². The number of hydrogen-bond acceptors (Lipinski definition) is 4. The number of aliphatic hydroxyl groups excluding tert-OH is 1. The smallest absolute Gasteiger partial charge is 0.271 e. The summed E-state index contributed by atoms with van der Waals surface area (Å²) in [6, 6.07) is 9.39. The van der Waals surface area contributed by atoms with Crippen LogP contribution >= 0.6 is 11.3 Å². The van der Waals surface area contributed by atoms with Crippen molar-refractivity contribution in [1.82, 2.24) is 9.55 Å². The maximum absolute atomic E-state index is 12.2. The molecule has 0 radical (unpaired) electrons. The Kier molecular flexibility index (Phi) is 3.15. The van der Waals surface area contributed by atoms with E-state index >= 15 is 0 Å². The lowest BCUT2D eigenvalue weighted by Crippen LogP contribution is -2.20. The summed E-state index contributed by atoms with van der Waals surface area (Å²) in [5.41, 5.74) is 2.62. The Morgan fingerprint density at radius 2 is 1.89 bits per heavy atom. The van der Waals surface area contributed by atoms with E-state index in [1.807, 2.05) is 35.7 Å². The van der Waals surface area contributed by atoms with E-state index < -0.39 is 0 Å². The molecule has 0 bridgehead atoms. The fraction of sp³-hybridized carbons (Fsp3) is 0.143. The van der Waals surface area contributed by atoms with Gasteiger partial charge in [0, 0.05) is 0 Å². The number of thiophene rings is 1. The second kappa shape index (κ2) is 4.95. The zero-order chi connectivity index (χ0) is 13.2. The minimum Gasteiger partial charge on any atom is -0.392 e. The van der Waals surface area contributed by atoms with Crippen LogP contribution in [0.4, 0.5) is 0 Å². The number of aliphatic hydroxyl groups is 1. The molecule has 0 aliphatic rings. The summed E-state index contributed by atoms with van der Waals surface area (Å²) in [6.45, 7) is 0.522. The number of nitrogens with zero attached hydrogens (tertiary/aromatic N) is 2. The van der Waals surface area contributed by atoms with Gasteiger partial charge in [-0.25, -0.2) is 4.98 Å². The zero-order valence-corrected chi connectivity index (χ0v) is 10.9. The third kappa shape index (κ3) is 2.30. The SMILES string of the molecule is O=c1c2sccc2ncn1Cc1ccc(CO)cc1. The highest BCUT2D eigenvalue weighted by Crippen LogP contribution is 2.13. The van der Waals surface area contributed by atoms with E-state index in [0.717, 1.165) is 16.6 Å². The van der Waals surface area contributed by atoms with Gasteiger partial charge in [0.25, 0.3) is 5.56 Å². The summed E-state index contributed by atoms with van der Waals surface area (Å²) in [6.07, 6.45) is 1.58. The largest absolute Gasteiger partial charge is 0.392 e. The molecule has 0 spiro atoms. The van der Waals surface area contributed by atoms with Crippen molar-refractivity contribution in [2.45, 2.75) is 13.2 Å². The number of hydrogen-bond donors (Lipinski definition) is 1. The number of fused-ring (bicyclic) bond motifs is 1. The Labute approximate surface area is 113 Å². The van der Waals surface area contributed by atoms with Gasteiger partial charge >= 0.3 is 0 Å². The van der Waals surface area contributed by atoms with E-state index in [4.69, 9.17) is 5.11 Å². The molecule has 0 amide bonds. The first-order valence-corrected chi connectivity index (χ1v) is 6.77. The topological polar surface area (TPSA) is 55.1 Å². The lowest BCUT2D eigenvalue weighted by atomic mass is 10.1. The van der Waals surface area contributed by atoms with Crippen molar-refractivity contribution < 1.29 is 5.11 Å². The molecule has 0 saturated carbocycles. The van der Waals surface area contributed by atoms with Gasteiger partial charge in [-0.3, -0.25) is 9.36 Å². The van der Waals surface area contributed by atoms with Crippen molar-refractivity contribution in [3.05, 3.63) is 63.5 Å². The molecule has 5 heteroatoms. The highest BCUT2D eigenvalue weighted by Gasteiger charge is 2.05. The lowest BCUT2D eigenvalue weighted by Gasteiger charge is -2.06. The number of aromatic nitrogens is 2. The summed E-state index contributed by atoms with van der Waals surface area (Å²) in [4.78, 5) is 16.5. The summed E-state index contributed by atoms with van der Waals surface area (Å²) in [7, 11) is 0. The fourth-order valence-corrected chi connectivity index (χ4v) is 2.73.